The van der Waals surface area contributed by atoms with E-state index in [4.69, 9.17) is 40.2 Å². The zero-order valence-corrected chi connectivity index (χ0v) is 21.8. The minimum Gasteiger partial charge on any atom is -0.344 e. The summed E-state index contributed by atoms with van der Waals surface area (Å²) in [6.45, 7) is 3.14. The van der Waals surface area contributed by atoms with Gasteiger partial charge in [0, 0.05) is 23.4 Å². The molecule has 3 rings (SSSR count). The van der Waals surface area contributed by atoms with Gasteiger partial charge in [-0.1, -0.05) is 96.3 Å². The third-order valence-corrected chi connectivity index (χ3v) is 6.64. The molecule has 2 aromatic rings. The van der Waals surface area contributed by atoms with E-state index in [1.54, 1.807) is 66.7 Å². The number of halogens is 3. The molecule has 36 heavy (non-hydrogen) atoms. The van der Waals surface area contributed by atoms with Crippen molar-refractivity contribution in [2.45, 2.75) is 25.9 Å². The van der Waals surface area contributed by atoms with Crippen molar-refractivity contribution < 1.29 is 14.4 Å². The van der Waals surface area contributed by atoms with Gasteiger partial charge in [-0.05, 0) is 23.6 Å². The lowest BCUT2D eigenvalue weighted by molar-refractivity contribution is -0.132. The van der Waals surface area contributed by atoms with Crippen LogP contribution in [0.15, 0.2) is 76.8 Å². The average molecular weight is 548 g/mol. The van der Waals surface area contributed by atoms with Crippen LogP contribution in [0, 0.1) is 17.2 Å². The number of benzene rings is 2. The van der Waals surface area contributed by atoms with Gasteiger partial charge in [0.2, 0.25) is 11.8 Å². The van der Waals surface area contributed by atoms with Crippen LogP contribution in [0.3, 0.4) is 0 Å². The second-order valence-electron chi connectivity index (χ2n) is 8.37. The maximum atomic E-state index is 13.5. The third-order valence-electron chi connectivity index (χ3n) is 5.65. The van der Waals surface area contributed by atoms with Gasteiger partial charge in [0.05, 0.1) is 10.1 Å². The Morgan fingerprint density at radius 2 is 1.56 bits per heavy atom. The summed E-state index contributed by atoms with van der Waals surface area (Å²) in [6, 6.07) is 12.9. The molecule has 2 aromatic carbocycles. The van der Waals surface area contributed by atoms with E-state index >= 15 is 0 Å². The summed E-state index contributed by atoms with van der Waals surface area (Å²) >= 11 is 18.5. The van der Waals surface area contributed by atoms with Gasteiger partial charge in [-0.25, -0.2) is 0 Å². The van der Waals surface area contributed by atoms with Crippen LogP contribution in [0.25, 0.3) is 0 Å². The van der Waals surface area contributed by atoms with Crippen LogP contribution in [0.1, 0.15) is 31.0 Å². The van der Waals surface area contributed by atoms with Gasteiger partial charge in [-0.3, -0.25) is 19.8 Å². The Morgan fingerprint density at radius 3 is 2.19 bits per heavy atom. The van der Waals surface area contributed by atoms with Crippen molar-refractivity contribution >= 4 is 58.4 Å². The van der Waals surface area contributed by atoms with Gasteiger partial charge in [0.25, 0.3) is 5.91 Å². The summed E-state index contributed by atoms with van der Waals surface area (Å²) in [6.07, 6.45) is 3.33. The Hall–Kier alpha value is -3.13. The lowest BCUT2D eigenvalue weighted by Crippen LogP contribution is -2.54. The highest BCUT2D eigenvalue weighted by Crippen LogP contribution is 2.34. The van der Waals surface area contributed by atoms with Gasteiger partial charge in [-0.15, -0.1) is 0 Å². The van der Waals surface area contributed by atoms with Crippen LogP contribution in [-0.2, 0) is 14.4 Å². The summed E-state index contributed by atoms with van der Waals surface area (Å²) in [7, 11) is 0. The predicted molar refractivity (Wildman–Crippen MR) is 142 cm³/mol. The lowest BCUT2D eigenvalue weighted by Gasteiger charge is -2.31. The van der Waals surface area contributed by atoms with E-state index in [-0.39, 0.29) is 16.8 Å². The molecule has 0 bridgehead atoms. The van der Waals surface area contributed by atoms with Crippen molar-refractivity contribution in [2.75, 3.05) is 0 Å². The highest BCUT2D eigenvalue weighted by molar-refractivity contribution is 6.44. The number of hydrogen-bond donors (Lipinski definition) is 4. The first-order valence-electron chi connectivity index (χ1n) is 11.1. The summed E-state index contributed by atoms with van der Waals surface area (Å²) in [5.41, 5.74) is 0.904. The molecular formula is C26H25Cl3N4O3. The molecule has 4 atom stereocenters. The third kappa shape index (κ3) is 6.97. The zero-order valence-electron chi connectivity index (χ0n) is 19.5. The second-order valence-corrected chi connectivity index (χ2v) is 9.62. The van der Waals surface area contributed by atoms with Crippen LogP contribution in [-0.4, -0.2) is 29.6 Å². The zero-order chi connectivity index (χ0) is 26.4. The molecule has 0 aliphatic heterocycles. The van der Waals surface area contributed by atoms with E-state index in [2.05, 4.69) is 16.0 Å². The van der Waals surface area contributed by atoms with Crippen LogP contribution < -0.4 is 16.0 Å². The Bertz CT molecular complexity index is 1230. The molecule has 1 aliphatic carbocycles. The van der Waals surface area contributed by atoms with Crippen molar-refractivity contribution in [1.29, 1.82) is 5.41 Å². The molecule has 0 saturated carbocycles. The SMILES string of the molecule is CC(=O)NC(C(=O)NC(C(=O)NC(=N)c1ccccc1)c1cccc(Cl)c1)C1C=C(Cl)C(Cl)=CC1C. The average Bonchev–Trinajstić information content (AvgIpc) is 2.83. The topological polar surface area (TPSA) is 111 Å². The fourth-order valence-electron chi connectivity index (χ4n) is 3.87. The monoisotopic (exact) mass is 546 g/mol. The van der Waals surface area contributed by atoms with Crippen molar-refractivity contribution in [1.82, 2.24) is 16.0 Å². The number of carbonyl (C=O) groups excluding carboxylic acids is 3. The summed E-state index contributed by atoms with van der Waals surface area (Å²) in [4.78, 5) is 38.8. The highest BCUT2D eigenvalue weighted by atomic mass is 35.5. The minimum atomic E-state index is -1.20. The predicted octanol–water partition coefficient (Wildman–Crippen LogP) is 4.66. The van der Waals surface area contributed by atoms with Gasteiger partial charge in [-0.2, -0.15) is 0 Å². The number of amides is 3. The van der Waals surface area contributed by atoms with Crippen molar-refractivity contribution in [3.05, 3.63) is 93.0 Å². The van der Waals surface area contributed by atoms with Gasteiger partial charge < -0.3 is 16.0 Å². The Balaban J connectivity index is 1.91. The molecule has 4 unspecified atom stereocenters. The van der Waals surface area contributed by atoms with E-state index in [1.807, 2.05) is 6.92 Å². The second kappa shape index (κ2) is 12.2. The molecule has 0 spiro atoms. The lowest BCUT2D eigenvalue weighted by atomic mass is 9.83. The quantitative estimate of drug-likeness (QED) is 0.299. The molecule has 0 fully saturated rings. The van der Waals surface area contributed by atoms with E-state index < -0.39 is 35.7 Å². The van der Waals surface area contributed by atoms with E-state index in [0.717, 1.165) is 0 Å². The highest BCUT2D eigenvalue weighted by Gasteiger charge is 2.36. The van der Waals surface area contributed by atoms with Crippen molar-refractivity contribution in [3.63, 3.8) is 0 Å². The van der Waals surface area contributed by atoms with Crippen molar-refractivity contribution in [2.24, 2.45) is 11.8 Å². The maximum absolute atomic E-state index is 13.5. The molecule has 0 saturated heterocycles. The molecular weight excluding hydrogens is 523 g/mol. The van der Waals surface area contributed by atoms with Gasteiger partial charge >= 0.3 is 0 Å². The molecule has 3 amide bonds. The standard InChI is InChI=1S/C26H25Cl3N4O3/c1-14-11-20(28)21(29)13-19(14)23(31-15(2)34)26(36)32-22(17-9-6-10-18(27)12-17)25(35)33-24(30)16-7-4-3-5-8-16/h3-14,19,22-23H,1-2H3,(H,31,34)(H,32,36)(H2,30,33,35). The number of rotatable bonds is 7. The fourth-order valence-corrected chi connectivity index (χ4v) is 4.54. The van der Waals surface area contributed by atoms with Gasteiger partial charge in [0.1, 0.15) is 17.9 Å². The minimum absolute atomic E-state index is 0.129. The normalized spacial score (nSPS) is 18.7. The first-order valence-corrected chi connectivity index (χ1v) is 12.2. The van der Waals surface area contributed by atoms with E-state index in [1.165, 1.54) is 6.92 Å². The summed E-state index contributed by atoms with van der Waals surface area (Å²) in [5.74, 6) is -2.56. The number of amidine groups is 1. The first-order chi connectivity index (χ1) is 17.1. The van der Waals surface area contributed by atoms with Crippen molar-refractivity contribution in [3.8, 4) is 0 Å². The Labute approximate surface area is 224 Å². The molecule has 188 valence electrons. The smallest absolute Gasteiger partial charge is 0.252 e. The molecule has 0 radical (unpaired) electrons. The molecule has 7 nitrogen and oxygen atoms in total. The number of allylic oxidation sites excluding steroid dienone is 3. The maximum Gasteiger partial charge on any atom is 0.252 e. The van der Waals surface area contributed by atoms with Gasteiger partial charge in [0.15, 0.2) is 0 Å². The fraction of sp³-hybridized carbons (Fsp3) is 0.231. The Morgan fingerprint density at radius 1 is 0.889 bits per heavy atom. The van der Waals surface area contributed by atoms with Crippen LogP contribution in [0.2, 0.25) is 5.02 Å². The molecule has 4 N–H and O–H groups in total. The summed E-state index contributed by atoms with van der Waals surface area (Å²) < 4.78 is 0. The molecule has 0 aromatic heterocycles. The molecule has 0 heterocycles. The number of nitrogens with one attached hydrogen (secondary N) is 4. The van der Waals surface area contributed by atoms with E-state index in [0.29, 0.717) is 21.2 Å². The number of hydrogen-bond acceptors (Lipinski definition) is 4. The van der Waals surface area contributed by atoms with Crippen LogP contribution in [0.5, 0.6) is 0 Å². The molecule has 10 heteroatoms. The van der Waals surface area contributed by atoms with E-state index in [9.17, 15) is 14.4 Å². The molecule has 1 aliphatic rings. The van der Waals surface area contributed by atoms with Crippen LogP contribution in [0.4, 0.5) is 0 Å². The first kappa shape index (κ1) is 27.5. The Kier molecular flexibility index (Phi) is 9.31. The van der Waals surface area contributed by atoms with Crippen LogP contribution >= 0.6 is 34.8 Å². The summed E-state index contributed by atoms with van der Waals surface area (Å²) in [5, 5.41) is 17.2. The number of carbonyl (C=O) groups is 3. The largest absolute Gasteiger partial charge is 0.344 e.